The van der Waals surface area contributed by atoms with E-state index in [9.17, 15) is 9.50 Å². The Morgan fingerprint density at radius 2 is 2.05 bits per heavy atom. The molecule has 0 aliphatic heterocycles. The maximum absolute atomic E-state index is 13.5. The summed E-state index contributed by atoms with van der Waals surface area (Å²) in [6.07, 6.45) is -0.933. The normalized spacial score (nSPS) is 12.0. The lowest BCUT2D eigenvalue weighted by molar-refractivity contribution is 0.186. The molecule has 2 aromatic rings. The standard InChI is InChI=1S/C15H15ClFNO2/c1-20-15-7-6-10(8-12(15)16)18-9-14(19)11-4-2-3-5-13(11)17/h2-8,14,18-19H,9H2,1H3. The van der Waals surface area contributed by atoms with Crippen LogP contribution in [0.1, 0.15) is 11.7 Å². The molecule has 0 aliphatic rings. The molecular weight excluding hydrogens is 281 g/mol. The topological polar surface area (TPSA) is 41.5 Å². The Bertz CT molecular complexity index is 592. The van der Waals surface area contributed by atoms with E-state index in [0.29, 0.717) is 10.8 Å². The van der Waals surface area contributed by atoms with Crippen molar-refractivity contribution in [1.29, 1.82) is 0 Å². The Morgan fingerprint density at radius 1 is 1.30 bits per heavy atom. The minimum atomic E-state index is -0.933. The van der Waals surface area contributed by atoms with Crippen molar-refractivity contribution in [2.24, 2.45) is 0 Å². The first-order valence-corrected chi connectivity index (χ1v) is 6.49. The number of nitrogens with one attached hydrogen (secondary N) is 1. The summed E-state index contributed by atoms with van der Waals surface area (Å²) in [5.74, 6) is 0.154. The third kappa shape index (κ3) is 3.40. The van der Waals surface area contributed by atoms with E-state index in [1.807, 2.05) is 0 Å². The molecule has 0 spiro atoms. The molecule has 0 heterocycles. The van der Waals surface area contributed by atoms with Crippen molar-refractivity contribution in [3.05, 3.63) is 58.9 Å². The molecule has 2 rings (SSSR count). The minimum absolute atomic E-state index is 0.184. The molecule has 2 N–H and O–H groups in total. The van der Waals surface area contributed by atoms with Gasteiger partial charge < -0.3 is 15.2 Å². The Balaban J connectivity index is 2.02. The third-order valence-corrected chi connectivity index (χ3v) is 3.21. The van der Waals surface area contributed by atoms with Crippen LogP contribution in [-0.4, -0.2) is 18.8 Å². The van der Waals surface area contributed by atoms with E-state index in [1.54, 1.807) is 36.4 Å². The van der Waals surface area contributed by atoms with Crippen LogP contribution in [-0.2, 0) is 0 Å². The first-order chi connectivity index (χ1) is 9.61. The first-order valence-electron chi connectivity index (χ1n) is 6.11. The zero-order valence-electron chi connectivity index (χ0n) is 10.9. The monoisotopic (exact) mass is 295 g/mol. The van der Waals surface area contributed by atoms with E-state index in [0.717, 1.165) is 5.69 Å². The summed E-state index contributed by atoms with van der Waals surface area (Å²) in [4.78, 5) is 0. The smallest absolute Gasteiger partial charge is 0.137 e. The molecule has 0 aromatic heterocycles. The van der Waals surface area contributed by atoms with Crippen molar-refractivity contribution in [2.75, 3.05) is 19.0 Å². The molecular formula is C15H15ClFNO2. The van der Waals surface area contributed by atoms with E-state index in [-0.39, 0.29) is 12.1 Å². The van der Waals surface area contributed by atoms with Gasteiger partial charge in [-0.05, 0) is 24.3 Å². The lowest BCUT2D eigenvalue weighted by Gasteiger charge is -2.14. The second kappa shape index (κ2) is 6.59. The summed E-state index contributed by atoms with van der Waals surface area (Å²) < 4.78 is 18.6. The molecule has 1 unspecified atom stereocenters. The van der Waals surface area contributed by atoms with Crippen LogP contribution in [0.25, 0.3) is 0 Å². The molecule has 5 heteroatoms. The summed E-state index contributed by atoms with van der Waals surface area (Å²) in [6, 6.07) is 11.3. The van der Waals surface area contributed by atoms with Gasteiger partial charge in [-0.15, -0.1) is 0 Å². The second-order valence-corrected chi connectivity index (χ2v) is 4.67. The van der Waals surface area contributed by atoms with Gasteiger partial charge in [-0.1, -0.05) is 29.8 Å². The van der Waals surface area contributed by atoms with Crippen molar-refractivity contribution >= 4 is 17.3 Å². The number of aliphatic hydroxyl groups excluding tert-OH is 1. The quantitative estimate of drug-likeness (QED) is 0.885. The molecule has 0 radical (unpaired) electrons. The number of halogens is 2. The number of hydrogen-bond donors (Lipinski definition) is 2. The maximum Gasteiger partial charge on any atom is 0.137 e. The molecule has 0 saturated heterocycles. The molecule has 0 amide bonds. The average Bonchev–Trinajstić information content (AvgIpc) is 2.45. The number of methoxy groups -OCH3 is 1. The molecule has 0 saturated carbocycles. The van der Waals surface area contributed by atoms with Crippen molar-refractivity contribution < 1.29 is 14.2 Å². The van der Waals surface area contributed by atoms with Crippen LogP contribution in [0.4, 0.5) is 10.1 Å². The Hall–Kier alpha value is -1.78. The molecule has 106 valence electrons. The lowest BCUT2D eigenvalue weighted by Crippen LogP contribution is -2.13. The van der Waals surface area contributed by atoms with Gasteiger partial charge in [0.1, 0.15) is 11.6 Å². The fraction of sp³-hybridized carbons (Fsp3) is 0.200. The number of anilines is 1. The Morgan fingerprint density at radius 3 is 2.70 bits per heavy atom. The Kier molecular flexibility index (Phi) is 4.82. The van der Waals surface area contributed by atoms with Gasteiger partial charge in [0.15, 0.2) is 0 Å². The van der Waals surface area contributed by atoms with E-state index in [2.05, 4.69) is 5.32 Å². The van der Waals surface area contributed by atoms with Crippen molar-refractivity contribution in [3.8, 4) is 5.75 Å². The van der Waals surface area contributed by atoms with Crippen LogP contribution in [0.3, 0.4) is 0 Å². The second-order valence-electron chi connectivity index (χ2n) is 4.27. The summed E-state index contributed by atoms with van der Waals surface area (Å²) in [7, 11) is 1.54. The predicted octanol–water partition coefficient (Wildman–Crippen LogP) is 3.63. The van der Waals surface area contributed by atoms with E-state index in [1.165, 1.54) is 13.2 Å². The van der Waals surface area contributed by atoms with E-state index < -0.39 is 11.9 Å². The fourth-order valence-electron chi connectivity index (χ4n) is 1.85. The zero-order chi connectivity index (χ0) is 14.5. The van der Waals surface area contributed by atoms with Gasteiger partial charge in [-0.2, -0.15) is 0 Å². The molecule has 3 nitrogen and oxygen atoms in total. The zero-order valence-corrected chi connectivity index (χ0v) is 11.7. The molecule has 2 aromatic carbocycles. The highest BCUT2D eigenvalue weighted by Crippen LogP contribution is 2.27. The number of ether oxygens (including phenoxy) is 1. The van der Waals surface area contributed by atoms with Crippen LogP contribution in [0.2, 0.25) is 5.02 Å². The van der Waals surface area contributed by atoms with Crippen LogP contribution in [0.15, 0.2) is 42.5 Å². The highest BCUT2D eigenvalue weighted by Gasteiger charge is 2.12. The highest BCUT2D eigenvalue weighted by atomic mass is 35.5. The highest BCUT2D eigenvalue weighted by molar-refractivity contribution is 6.32. The number of rotatable bonds is 5. The van der Waals surface area contributed by atoms with Crippen molar-refractivity contribution in [3.63, 3.8) is 0 Å². The largest absolute Gasteiger partial charge is 0.495 e. The molecule has 1 atom stereocenters. The summed E-state index contributed by atoms with van der Waals surface area (Å²) in [5, 5.41) is 13.4. The van der Waals surface area contributed by atoms with Crippen LogP contribution < -0.4 is 10.1 Å². The van der Waals surface area contributed by atoms with Gasteiger partial charge in [0.2, 0.25) is 0 Å². The Labute approximate surface area is 122 Å². The maximum atomic E-state index is 13.5. The third-order valence-electron chi connectivity index (χ3n) is 2.92. The van der Waals surface area contributed by atoms with Gasteiger partial charge >= 0.3 is 0 Å². The van der Waals surface area contributed by atoms with Crippen LogP contribution in [0.5, 0.6) is 5.75 Å². The molecule has 0 aliphatic carbocycles. The number of hydrogen-bond acceptors (Lipinski definition) is 3. The van der Waals surface area contributed by atoms with Crippen molar-refractivity contribution in [1.82, 2.24) is 0 Å². The van der Waals surface area contributed by atoms with Gasteiger partial charge in [0, 0.05) is 17.8 Å². The SMILES string of the molecule is COc1ccc(NCC(O)c2ccccc2F)cc1Cl. The molecule has 20 heavy (non-hydrogen) atoms. The lowest BCUT2D eigenvalue weighted by atomic mass is 10.1. The van der Waals surface area contributed by atoms with Gasteiger partial charge in [-0.25, -0.2) is 4.39 Å². The van der Waals surface area contributed by atoms with E-state index >= 15 is 0 Å². The summed E-state index contributed by atoms with van der Waals surface area (Å²) in [6.45, 7) is 0.184. The van der Waals surface area contributed by atoms with Crippen molar-refractivity contribution in [2.45, 2.75) is 6.10 Å². The predicted molar refractivity (Wildman–Crippen MR) is 77.9 cm³/mol. The molecule has 0 fully saturated rings. The average molecular weight is 296 g/mol. The van der Waals surface area contributed by atoms with Gasteiger partial charge in [0.25, 0.3) is 0 Å². The summed E-state index contributed by atoms with van der Waals surface area (Å²) in [5.41, 5.74) is 0.991. The van der Waals surface area contributed by atoms with Gasteiger partial charge in [-0.3, -0.25) is 0 Å². The van der Waals surface area contributed by atoms with Crippen LogP contribution in [0, 0.1) is 5.82 Å². The molecule has 0 bridgehead atoms. The van der Waals surface area contributed by atoms with Crippen LogP contribution >= 0.6 is 11.6 Å². The number of aliphatic hydroxyl groups is 1. The number of benzene rings is 2. The minimum Gasteiger partial charge on any atom is -0.495 e. The summed E-state index contributed by atoms with van der Waals surface area (Å²) >= 11 is 6.00. The fourth-order valence-corrected chi connectivity index (χ4v) is 2.10. The van der Waals surface area contributed by atoms with Gasteiger partial charge in [0.05, 0.1) is 18.2 Å². The first kappa shape index (κ1) is 14.6. The van der Waals surface area contributed by atoms with E-state index in [4.69, 9.17) is 16.3 Å².